The number of carbonyl (C=O) groups excluding carboxylic acids is 7. The van der Waals surface area contributed by atoms with Crippen molar-refractivity contribution in [3.63, 3.8) is 0 Å². The number of aryl methyl sites for hydroxylation is 3. The van der Waals surface area contributed by atoms with Crippen LogP contribution in [0.5, 0.6) is 0 Å². The van der Waals surface area contributed by atoms with Gasteiger partial charge in [-0.05, 0) is 106 Å². The van der Waals surface area contributed by atoms with Crippen molar-refractivity contribution in [3.05, 3.63) is 125 Å². The van der Waals surface area contributed by atoms with E-state index in [2.05, 4.69) is 93.1 Å². The number of benzene rings is 3. The molecule has 3 aromatic rings. The van der Waals surface area contributed by atoms with E-state index < -0.39 is 17.6 Å². The van der Waals surface area contributed by atoms with Gasteiger partial charge in [-0.2, -0.15) is 9.59 Å². The summed E-state index contributed by atoms with van der Waals surface area (Å²) in [7, 11) is 2.65. The molecule has 0 heterocycles. The molecule has 0 saturated heterocycles. The Morgan fingerprint density at radius 3 is 1.53 bits per heavy atom. The van der Waals surface area contributed by atoms with Crippen LogP contribution >= 0.6 is 35.3 Å². The van der Waals surface area contributed by atoms with Crippen molar-refractivity contribution in [3.8, 4) is 0 Å². The topological polar surface area (TPSA) is 181 Å². The molecule has 6 unspecified atom stereocenters. The molecule has 364 valence electrons. The standard InChI is InChI=1S/C18H22O4S.C16H20O2S.C14H18OS.C4H8O2.CO2.Na/c1-11-4-6-14(7-5-11)23-10-12(2)15-8-13(19)9-16(20)17(15)18(21)22-3;1-11-3-5-16(6-4-11)19-10-12(2)13-7-14(17)9-15(18)8-13;1-11-5-8-14(9-6-11)16-10-12(2)4-7-13(3)15;1-3-4(5)6-2;2-1-3;/h4-7,9,12,15,17,20H,8,10H2,1-3H3;3-6,9,12-13,17H,7-8,10H2,1-2H3;4-9,12H,10H2,1-3H3;3H2,1-2H3;;/q;;;;;+1/p-1/b;;7-4+;;;. The minimum absolute atomic E-state index is 0. The van der Waals surface area contributed by atoms with Gasteiger partial charge in [-0.1, -0.05) is 86.9 Å². The molecule has 11 nitrogen and oxygen atoms in total. The molecule has 5 rings (SSSR count). The number of hydrogen-bond acceptors (Lipinski definition) is 14. The van der Waals surface area contributed by atoms with Crippen LogP contribution < -0.4 is 34.7 Å². The first-order chi connectivity index (χ1) is 31.8. The van der Waals surface area contributed by atoms with Crippen LogP contribution in [0, 0.1) is 56.3 Å². The molecule has 3 aromatic carbocycles. The third kappa shape index (κ3) is 27.2. The molecule has 0 saturated carbocycles. The molecule has 0 bridgehead atoms. The summed E-state index contributed by atoms with van der Waals surface area (Å²) in [5.41, 5.74) is 3.76. The van der Waals surface area contributed by atoms with E-state index in [0.29, 0.717) is 31.1 Å². The number of aliphatic hydroxyl groups is 1. The zero-order valence-electron chi connectivity index (χ0n) is 41.4. The first-order valence-corrected chi connectivity index (χ1v) is 25.0. The second-order valence-electron chi connectivity index (χ2n) is 16.4. The molecule has 68 heavy (non-hydrogen) atoms. The monoisotopic (exact) mass is 998 g/mol. The number of hydrogen-bond donors (Lipinski definition) is 1. The van der Waals surface area contributed by atoms with Gasteiger partial charge in [0.2, 0.25) is 0 Å². The van der Waals surface area contributed by atoms with Gasteiger partial charge < -0.3 is 19.7 Å². The van der Waals surface area contributed by atoms with Crippen LogP contribution in [-0.2, 0) is 43.0 Å². The number of esters is 2. The van der Waals surface area contributed by atoms with E-state index in [-0.39, 0.29) is 89.0 Å². The fourth-order valence-electron chi connectivity index (χ4n) is 6.47. The average Bonchev–Trinajstić information content (AvgIpc) is 3.30. The summed E-state index contributed by atoms with van der Waals surface area (Å²) in [5, 5.41) is 21.6. The zero-order chi connectivity index (χ0) is 50.5. The Balaban J connectivity index is 0.000000912. The molecule has 6 atom stereocenters. The number of methoxy groups -OCH3 is 2. The number of thioether (sulfide) groups is 3. The van der Waals surface area contributed by atoms with E-state index in [9.17, 15) is 34.2 Å². The van der Waals surface area contributed by atoms with Crippen molar-refractivity contribution in [2.75, 3.05) is 31.5 Å². The maximum atomic E-state index is 12.0. The van der Waals surface area contributed by atoms with Crippen molar-refractivity contribution in [1.82, 2.24) is 0 Å². The van der Waals surface area contributed by atoms with Gasteiger partial charge in [0.25, 0.3) is 0 Å². The number of ketones is 3. The minimum Gasteiger partial charge on any atom is -0.875 e. The summed E-state index contributed by atoms with van der Waals surface area (Å²) in [5.74, 6) is 1.83. The second-order valence-corrected chi connectivity index (χ2v) is 19.7. The Bertz CT molecular complexity index is 2120. The summed E-state index contributed by atoms with van der Waals surface area (Å²) in [6.45, 7) is 15.8. The molecule has 0 aliphatic heterocycles. The first kappa shape index (κ1) is 63.9. The summed E-state index contributed by atoms with van der Waals surface area (Å²) in [4.78, 5) is 75.8. The third-order valence-electron chi connectivity index (χ3n) is 10.5. The Hall–Kier alpha value is -4.14. The molecule has 0 radical (unpaired) electrons. The molecule has 0 aromatic heterocycles. The van der Waals surface area contributed by atoms with Crippen LogP contribution in [-0.4, -0.2) is 72.0 Å². The molecule has 2 aliphatic rings. The number of rotatable bonds is 15. The van der Waals surface area contributed by atoms with Crippen LogP contribution in [0.15, 0.2) is 123 Å². The maximum absolute atomic E-state index is 12.0. The van der Waals surface area contributed by atoms with Crippen molar-refractivity contribution in [2.24, 2.45) is 35.5 Å². The van der Waals surface area contributed by atoms with E-state index >= 15 is 0 Å². The fraction of sp³-hybridized carbons (Fsp3) is 0.434. The van der Waals surface area contributed by atoms with Crippen LogP contribution in [0.25, 0.3) is 0 Å². The van der Waals surface area contributed by atoms with Crippen LogP contribution in [0.1, 0.15) is 77.0 Å². The van der Waals surface area contributed by atoms with Crippen molar-refractivity contribution < 1.29 is 82.8 Å². The summed E-state index contributed by atoms with van der Waals surface area (Å²) in [6.07, 6.45) is 8.19. The fourth-order valence-corrected chi connectivity index (χ4v) is 9.45. The maximum Gasteiger partial charge on any atom is 1.00 e. The molecule has 0 spiro atoms. The van der Waals surface area contributed by atoms with E-state index in [1.165, 1.54) is 46.8 Å². The number of ether oxygens (including phenoxy) is 2. The minimum atomic E-state index is -0.855. The van der Waals surface area contributed by atoms with Crippen LogP contribution in [0.3, 0.4) is 0 Å². The summed E-state index contributed by atoms with van der Waals surface area (Å²) in [6, 6.07) is 25.2. The summed E-state index contributed by atoms with van der Waals surface area (Å²) >= 11 is 5.32. The largest absolute Gasteiger partial charge is 1.00 e. The van der Waals surface area contributed by atoms with Gasteiger partial charge in [-0.25, -0.2) is 0 Å². The smallest absolute Gasteiger partial charge is 0.875 e. The second kappa shape index (κ2) is 35.9. The third-order valence-corrected chi connectivity index (χ3v) is 14.4. The Morgan fingerprint density at radius 2 is 1.15 bits per heavy atom. The molecule has 15 heteroatoms. The van der Waals surface area contributed by atoms with Gasteiger partial charge in [0.15, 0.2) is 17.3 Å². The summed E-state index contributed by atoms with van der Waals surface area (Å²) < 4.78 is 9.01. The van der Waals surface area contributed by atoms with Crippen molar-refractivity contribution in [2.45, 2.75) is 95.8 Å². The zero-order valence-corrected chi connectivity index (χ0v) is 45.9. The van der Waals surface area contributed by atoms with Crippen molar-refractivity contribution >= 4 is 70.7 Å². The van der Waals surface area contributed by atoms with Gasteiger partial charge >= 0.3 is 47.6 Å². The van der Waals surface area contributed by atoms with Gasteiger partial charge in [0.1, 0.15) is 0 Å². The quantitative estimate of drug-likeness (QED) is 0.0691. The van der Waals surface area contributed by atoms with Gasteiger partial charge in [-0.3, -0.25) is 24.0 Å². The number of carbonyl (C=O) groups is 5. The molecule has 0 amide bonds. The molecule has 0 fully saturated rings. The molecular formula is C53H67NaO11S3. The first-order valence-electron chi connectivity index (χ1n) is 22.0. The van der Waals surface area contributed by atoms with Crippen LogP contribution in [0.4, 0.5) is 0 Å². The number of allylic oxidation sites excluding steroid dienone is 5. The Morgan fingerprint density at radius 1 is 0.721 bits per heavy atom. The SMILES string of the molecule is CC(=O)/C=C/C(C)CSc1ccc(C)cc1.CCC(=O)OC.COC(=O)C1C([O-])=CC(=O)CC1C(C)CSc1ccc(C)cc1.Cc1ccc(SCC(C)C2CC(=O)C=C(O)C2)cc1.O=C=O.[Na+]. The predicted octanol–water partition coefficient (Wildman–Crippen LogP) is 7.35. The number of aliphatic hydroxyl groups excluding tert-OH is 1. The van der Waals surface area contributed by atoms with Gasteiger partial charge in [0, 0.05) is 63.7 Å². The van der Waals surface area contributed by atoms with Gasteiger partial charge in [-0.15, -0.1) is 41.0 Å². The van der Waals surface area contributed by atoms with E-state index in [1.54, 1.807) is 31.7 Å². The molecule has 2 aliphatic carbocycles. The average molecular weight is 999 g/mol. The van der Waals surface area contributed by atoms with Crippen LogP contribution in [0.2, 0.25) is 0 Å². The van der Waals surface area contributed by atoms with Gasteiger partial charge in [0.05, 0.1) is 25.9 Å². The molecular weight excluding hydrogens is 932 g/mol. The normalized spacial score (nSPS) is 17.3. The predicted molar refractivity (Wildman–Crippen MR) is 265 cm³/mol. The van der Waals surface area contributed by atoms with E-state index in [4.69, 9.17) is 14.3 Å². The van der Waals surface area contributed by atoms with E-state index in [0.717, 1.165) is 28.2 Å². The molecule has 1 N–H and O–H groups in total. The Labute approximate surface area is 438 Å². The van der Waals surface area contributed by atoms with Crippen molar-refractivity contribution in [1.29, 1.82) is 0 Å². The van der Waals surface area contributed by atoms with E-state index in [1.807, 2.05) is 55.6 Å². The Kier molecular flexibility index (Phi) is 33.7.